The zero-order valence-corrected chi connectivity index (χ0v) is 46.1. The first-order valence-corrected chi connectivity index (χ1v) is 28.4. The quantitative estimate of drug-likeness (QED) is 0.128. The maximum Gasteiger partial charge on any atom is 0.343 e. The van der Waals surface area contributed by atoms with Gasteiger partial charge >= 0.3 is 5.97 Å². The summed E-state index contributed by atoms with van der Waals surface area (Å²) in [7, 11) is 2.10. The zero-order valence-electron chi connectivity index (χ0n) is 46.1. The van der Waals surface area contributed by atoms with Crippen molar-refractivity contribution < 1.29 is 32.6 Å². The first kappa shape index (κ1) is 52.5. The van der Waals surface area contributed by atoms with Gasteiger partial charge in [0.2, 0.25) is 10.9 Å². The molecule has 3 fully saturated rings. The van der Waals surface area contributed by atoms with Gasteiger partial charge in [0.1, 0.15) is 33.5 Å². The lowest BCUT2D eigenvalue weighted by atomic mass is 10.0. The summed E-state index contributed by atoms with van der Waals surface area (Å²) in [6.07, 6.45) is 17.8. The number of amides is 1. The average Bonchev–Trinajstić information content (AvgIpc) is 1.21. The highest BCUT2D eigenvalue weighted by Crippen LogP contribution is 2.51. The molecule has 0 saturated carbocycles. The number of fused-ring (bicyclic) bond motifs is 6. The molecule has 3 unspecified atom stereocenters. The van der Waals surface area contributed by atoms with E-state index in [2.05, 4.69) is 37.2 Å². The van der Waals surface area contributed by atoms with Crippen molar-refractivity contribution in [3.63, 3.8) is 0 Å². The SMILES string of the molecule is CCOC(=O)c1cn2c3c(c(N4CCC(c5cnccn5)C4)c(F)cc3c1=O)Oc1cc3ccccc3cc1-2.CN1CCCC1CCNC(=O)c1cn2c3c(c(N4CCC(c5cnccn5)C4)c(F)cc3c1=O)Oc1cc3ccccc3cc1-2. The molecule has 5 aliphatic rings. The molecule has 19 heteroatoms. The van der Waals surface area contributed by atoms with Crippen LogP contribution in [0, 0.1) is 11.6 Å². The Morgan fingerprint density at radius 2 is 1.15 bits per heavy atom. The Morgan fingerprint density at radius 1 is 0.655 bits per heavy atom. The number of likely N-dealkylation sites (tertiary alicyclic amines) is 1. The van der Waals surface area contributed by atoms with E-state index in [4.69, 9.17) is 14.2 Å². The number of hydrogen-bond acceptors (Lipinski definition) is 14. The lowest BCUT2D eigenvalue weighted by Crippen LogP contribution is -2.34. The van der Waals surface area contributed by atoms with E-state index < -0.39 is 34.4 Å². The average molecular weight is 1130 g/mol. The second-order valence-electron chi connectivity index (χ2n) is 22.1. The van der Waals surface area contributed by atoms with E-state index in [1.807, 2.05) is 87.2 Å². The smallest absolute Gasteiger partial charge is 0.343 e. The molecule has 3 atom stereocenters. The van der Waals surface area contributed by atoms with Crippen LogP contribution in [0.15, 0.2) is 144 Å². The van der Waals surface area contributed by atoms with E-state index in [0.29, 0.717) is 78.4 Å². The topological polar surface area (TPSA) is 179 Å². The number of hydrogen-bond donors (Lipinski definition) is 1. The summed E-state index contributed by atoms with van der Waals surface area (Å²) in [4.78, 5) is 77.1. The minimum absolute atomic E-state index is 0.0229. The second-order valence-corrected chi connectivity index (χ2v) is 22.1. The van der Waals surface area contributed by atoms with Crippen LogP contribution in [0.3, 0.4) is 0 Å². The highest BCUT2D eigenvalue weighted by atomic mass is 19.1. The van der Waals surface area contributed by atoms with E-state index in [-0.39, 0.29) is 57.5 Å². The van der Waals surface area contributed by atoms with E-state index in [9.17, 15) is 19.2 Å². The molecule has 6 aromatic carbocycles. The van der Waals surface area contributed by atoms with Gasteiger partial charge in [0.25, 0.3) is 5.91 Å². The van der Waals surface area contributed by atoms with Crippen molar-refractivity contribution >= 4 is 66.6 Å². The molecule has 15 rings (SSSR count). The molecule has 10 aromatic rings. The van der Waals surface area contributed by atoms with Crippen molar-refractivity contribution in [2.24, 2.45) is 0 Å². The fourth-order valence-corrected chi connectivity index (χ4v) is 12.9. The lowest BCUT2D eigenvalue weighted by Gasteiger charge is -2.29. The number of anilines is 2. The zero-order chi connectivity index (χ0) is 57.3. The van der Waals surface area contributed by atoms with Gasteiger partial charge in [-0.2, -0.15) is 0 Å². The third-order valence-electron chi connectivity index (χ3n) is 17.1. The van der Waals surface area contributed by atoms with Crippen molar-refractivity contribution in [1.29, 1.82) is 0 Å². The summed E-state index contributed by atoms with van der Waals surface area (Å²) in [5, 5.41) is 6.98. The summed E-state index contributed by atoms with van der Waals surface area (Å²) >= 11 is 0. The van der Waals surface area contributed by atoms with Crippen LogP contribution in [-0.4, -0.2) is 105 Å². The Balaban J connectivity index is 0.000000151. The van der Waals surface area contributed by atoms with Crippen LogP contribution in [0.5, 0.6) is 23.0 Å². The number of aromatic nitrogens is 6. The molecular formula is C65H56F2N10O7. The number of esters is 1. The van der Waals surface area contributed by atoms with Crippen LogP contribution < -0.4 is 35.4 Å². The van der Waals surface area contributed by atoms with Gasteiger partial charge in [0.15, 0.2) is 34.6 Å². The fraction of sp³-hybridized carbons (Fsp3) is 0.262. The van der Waals surface area contributed by atoms with Gasteiger partial charge in [-0.25, -0.2) is 13.6 Å². The number of ether oxygens (including phenoxy) is 3. The summed E-state index contributed by atoms with van der Waals surface area (Å²) in [6, 6.07) is 26.4. The van der Waals surface area contributed by atoms with E-state index in [1.54, 1.807) is 54.9 Å². The number of nitrogens with one attached hydrogen (secondary N) is 1. The number of carbonyl (C=O) groups excluding carboxylic acids is 2. The van der Waals surface area contributed by atoms with Crippen molar-refractivity contribution in [3.8, 4) is 34.4 Å². The van der Waals surface area contributed by atoms with Crippen LogP contribution in [0.25, 0.3) is 54.7 Å². The van der Waals surface area contributed by atoms with Crippen molar-refractivity contribution in [1.82, 2.24) is 39.3 Å². The molecule has 0 radical (unpaired) electrons. The minimum atomic E-state index is -0.751. The van der Waals surface area contributed by atoms with Crippen LogP contribution >= 0.6 is 0 Å². The molecule has 0 bridgehead atoms. The first-order chi connectivity index (χ1) is 41.0. The molecule has 1 amide bonds. The minimum Gasteiger partial charge on any atom is -0.462 e. The Morgan fingerprint density at radius 3 is 1.63 bits per heavy atom. The highest BCUT2D eigenvalue weighted by Gasteiger charge is 2.37. The number of carbonyl (C=O) groups is 2. The predicted octanol–water partition coefficient (Wildman–Crippen LogP) is 10.7. The number of benzene rings is 6. The van der Waals surface area contributed by atoms with Crippen LogP contribution in [0.4, 0.5) is 20.2 Å². The molecule has 17 nitrogen and oxygen atoms in total. The molecule has 3 saturated heterocycles. The van der Waals surface area contributed by atoms with Crippen molar-refractivity contribution in [2.75, 3.05) is 62.7 Å². The van der Waals surface area contributed by atoms with Crippen molar-refractivity contribution in [3.05, 3.63) is 189 Å². The molecule has 422 valence electrons. The summed E-state index contributed by atoms with van der Waals surface area (Å²) in [6.45, 7) is 5.51. The number of pyridine rings is 2. The third-order valence-corrected chi connectivity index (χ3v) is 17.1. The molecule has 0 spiro atoms. The van der Waals surface area contributed by atoms with Gasteiger partial charge in [-0.3, -0.25) is 34.3 Å². The second kappa shape index (κ2) is 21.3. The number of rotatable bonds is 10. The molecular weight excluding hydrogens is 1070 g/mol. The monoisotopic (exact) mass is 1130 g/mol. The van der Waals surface area contributed by atoms with Crippen LogP contribution in [-0.2, 0) is 4.74 Å². The van der Waals surface area contributed by atoms with Crippen molar-refractivity contribution in [2.45, 2.75) is 56.9 Å². The fourth-order valence-electron chi connectivity index (χ4n) is 12.9. The Kier molecular flexibility index (Phi) is 13.3. The maximum absolute atomic E-state index is 16.3. The third kappa shape index (κ3) is 9.09. The molecule has 1 N–H and O–H groups in total. The van der Waals surface area contributed by atoms with E-state index >= 15 is 8.78 Å². The molecule has 0 aliphatic carbocycles. The Bertz CT molecular complexity index is 4450. The molecule has 84 heavy (non-hydrogen) atoms. The van der Waals surface area contributed by atoms with E-state index in [0.717, 1.165) is 71.6 Å². The Hall–Kier alpha value is -9.62. The Labute approximate surface area is 479 Å². The first-order valence-electron chi connectivity index (χ1n) is 28.4. The normalized spacial score (nSPS) is 17.6. The largest absolute Gasteiger partial charge is 0.462 e. The van der Waals surface area contributed by atoms with Crippen LogP contribution in [0.2, 0.25) is 0 Å². The molecule has 5 aliphatic heterocycles. The van der Waals surface area contributed by atoms with Gasteiger partial charge in [-0.1, -0.05) is 48.5 Å². The maximum atomic E-state index is 16.3. The summed E-state index contributed by atoms with van der Waals surface area (Å²) < 4.78 is 53.9. The van der Waals surface area contributed by atoms with Gasteiger partial charge in [0.05, 0.1) is 40.1 Å². The standard InChI is InChI=1S/C35H33FN6O3.C30H23FN4O4/c1-40-13-4-7-24(40)8-10-39-35(44)26-20-42-29-15-21-5-2-3-6-22(21)16-30(29)45-34-31(42)25(33(26)43)17-27(36)32(34)41-14-9-23(19-41)28-18-37-11-12-38-28;1-2-38-30(37)21-16-35-24-11-17-5-3-4-6-18(17)12-25(24)39-29-26(35)20(28(21)36)13-22(31)27(29)34-10-7-19(15-34)23-14-32-8-9-33-23/h2-3,5-6,11-12,15-18,20,23-24H,4,7-10,13-14,19H2,1H3,(H,39,44);3-6,8-9,11-14,16,19H,2,7,10,15H2,1H3. The lowest BCUT2D eigenvalue weighted by molar-refractivity contribution is 0.0524. The van der Waals surface area contributed by atoms with Crippen LogP contribution in [0.1, 0.15) is 83.0 Å². The predicted molar refractivity (Wildman–Crippen MR) is 316 cm³/mol. The number of nitrogens with zero attached hydrogens (tertiary/aromatic N) is 9. The number of halogens is 2. The molecule has 4 aromatic heterocycles. The van der Waals surface area contributed by atoms with E-state index in [1.165, 1.54) is 18.3 Å². The summed E-state index contributed by atoms with van der Waals surface area (Å²) in [5.74, 6) is -0.654. The molecule has 9 heterocycles. The highest BCUT2D eigenvalue weighted by molar-refractivity contribution is 6.03. The van der Waals surface area contributed by atoms with Gasteiger partial charge in [-0.05, 0) is 111 Å². The van der Waals surface area contributed by atoms with Gasteiger partial charge in [-0.15, -0.1) is 0 Å². The van der Waals surface area contributed by atoms with Gasteiger partial charge < -0.3 is 43.4 Å². The summed E-state index contributed by atoms with van der Waals surface area (Å²) in [5.41, 5.74) is 3.19. The van der Waals surface area contributed by atoms with Gasteiger partial charge in [0, 0.05) is 100 Å².